The Kier molecular flexibility index (Phi) is 4.84. The number of aliphatic hydroxyl groups excluding tert-OH is 1. The SMILES string of the molecule is CN=C(/C(=C\N)[N+](=O)[O-])N1CCC(C)(N)CC(O)C1. The number of nitro groups is 1. The van der Waals surface area contributed by atoms with Crippen molar-refractivity contribution in [3.05, 3.63) is 22.0 Å². The molecule has 1 fully saturated rings. The smallest absolute Gasteiger partial charge is 0.326 e. The predicted molar refractivity (Wildman–Crippen MR) is 72.0 cm³/mol. The molecule has 0 spiro atoms. The van der Waals surface area contributed by atoms with Crippen LogP contribution in [0.25, 0.3) is 0 Å². The number of hydrogen-bond donors (Lipinski definition) is 3. The Balaban J connectivity index is 2.97. The Morgan fingerprint density at radius 3 is 2.79 bits per heavy atom. The summed E-state index contributed by atoms with van der Waals surface area (Å²) in [5, 5.41) is 20.9. The van der Waals surface area contributed by atoms with Crippen LogP contribution in [0.1, 0.15) is 19.8 Å². The molecule has 0 aromatic carbocycles. The standard InChI is InChI=1S/C11H21N5O3/c1-11(13)3-4-15(7-8(17)5-11)10(14-2)9(6-12)16(18)19/h6,8,17H,3-5,7,12-13H2,1-2H3/b9-6+,14-10?. The lowest BCUT2D eigenvalue weighted by atomic mass is 9.93. The molecule has 8 heteroatoms. The third-order valence-electron chi connectivity index (χ3n) is 3.18. The van der Waals surface area contributed by atoms with E-state index in [2.05, 4.69) is 4.99 Å². The Labute approximate surface area is 111 Å². The number of nitrogens with two attached hydrogens (primary N) is 2. The first kappa shape index (κ1) is 15.4. The Morgan fingerprint density at radius 2 is 2.32 bits per heavy atom. The molecule has 1 heterocycles. The lowest BCUT2D eigenvalue weighted by Gasteiger charge is -2.24. The lowest BCUT2D eigenvalue weighted by Crippen LogP contribution is -2.39. The highest BCUT2D eigenvalue weighted by Crippen LogP contribution is 2.21. The molecule has 1 aliphatic heterocycles. The number of β-amino-alcohol motifs (C(OH)–C–C–N with tert-alkyl or cyclic N) is 1. The number of hydrogen-bond acceptors (Lipinski definition) is 6. The van der Waals surface area contributed by atoms with E-state index in [0.717, 1.165) is 6.20 Å². The third-order valence-corrected chi connectivity index (χ3v) is 3.18. The number of amidine groups is 1. The summed E-state index contributed by atoms with van der Waals surface area (Å²) in [6, 6.07) is 0. The van der Waals surface area contributed by atoms with Crippen LogP contribution in [0.15, 0.2) is 16.9 Å². The Hall–Kier alpha value is -1.67. The molecule has 2 atom stereocenters. The van der Waals surface area contributed by atoms with Crippen molar-refractivity contribution in [3.63, 3.8) is 0 Å². The molecule has 5 N–H and O–H groups in total. The van der Waals surface area contributed by atoms with Gasteiger partial charge in [0.1, 0.15) is 0 Å². The first-order chi connectivity index (χ1) is 8.80. The normalized spacial score (nSPS) is 30.1. The number of rotatable bonds is 2. The van der Waals surface area contributed by atoms with Crippen molar-refractivity contribution in [2.75, 3.05) is 20.1 Å². The van der Waals surface area contributed by atoms with Gasteiger partial charge in [-0.25, -0.2) is 0 Å². The van der Waals surface area contributed by atoms with E-state index < -0.39 is 16.6 Å². The van der Waals surface area contributed by atoms with Gasteiger partial charge < -0.3 is 21.5 Å². The van der Waals surface area contributed by atoms with E-state index in [1.165, 1.54) is 7.05 Å². The minimum absolute atomic E-state index is 0.171. The highest BCUT2D eigenvalue weighted by atomic mass is 16.6. The van der Waals surface area contributed by atoms with Crippen LogP contribution < -0.4 is 11.5 Å². The molecule has 8 nitrogen and oxygen atoms in total. The highest BCUT2D eigenvalue weighted by Gasteiger charge is 2.33. The fourth-order valence-corrected chi connectivity index (χ4v) is 2.27. The first-order valence-corrected chi connectivity index (χ1v) is 6.06. The molecular formula is C11H21N5O3. The summed E-state index contributed by atoms with van der Waals surface area (Å²) >= 11 is 0. The second-order valence-corrected chi connectivity index (χ2v) is 5.06. The highest BCUT2D eigenvalue weighted by molar-refractivity contribution is 5.96. The van der Waals surface area contributed by atoms with E-state index >= 15 is 0 Å². The monoisotopic (exact) mass is 271 g/mol. The van der Waals surface area contributed by atoms with Crippen LogP contribution >= 0.6 is 0 Å². The van der Waals surface area contributed by atoms with Crippen LogP contribution in [0.4, 0.5) is 0 Å². The van der Waals surface area contributed by atoms with Crippen molar-refractivity contribution in [2.45, 2.75) is 31.4 Å². The zero-order valence-corrected chi connectivity index (χ0v) is 11.2. The van der Waals surface area contributed by atoms with Gasteiger partial charge in [0.2, 0.25) is 5.84 Å². The van der Waals surface area contributed by atoms with Crippen LogP contribution in [0.3, 0.4) is 0 Å². The molecule has 1 aliphatic rings. The van der Waals surface area contributed by atoms with E-state index in [1.54, 1.807) is 4.90 Å². The van der Waals surface area contributed by atoms with Gasteiger partial charge in [-0.1, -0.05) is 0 Å². The van der Waals surface area contributed by atoms with Gasteiger partial charge in [-0.15, -0.1) is 0 Å². The zero-order chi connectivity index (χ0) is 14.6. The van der Waals surface area contributed by atoms with Gasteiger partial charge >= 0.3 is 5.70 Å². The topological polar surface area (TPSA) is 131 Å². The van der Waals surface area contributed by atoms with Crippen molar-refractivity contribution >= 4 is 5.84 Å². The van der Waals surface area contributed by atoms with E-state index in [0.29, 0.717) is 19.4 Å². The number of nitrogens with zero attached hydrogens (tertiary/aromatic N) is 3. The maximum absolute atomic E-state index is 10.9. The van der Waals surface area contributed by atoms with Crippen molar-refractivity contribution in [1.29, 1.82) is 0 Å². The average Bonchev–Trinajstić information content (AvgIpc) is 2.42. The van der Waals surface area contributed by atoms with Gasteiger partial charge in [-0.05, 0) is 19.8 Å². The largest absolute Gasteiger partial charge is 0.399 e. The van der Waals surface area contributed by atoms with E-state index in [1.807, 2.05) is 6.92 Å². The molecule has 1 saturated heterocycles. The van der Waals surface area contributed by atoms with Crippen LogP contribution in [-0.2, 0) is 0 Å². The molecule has 2 unspecified atom stereocenters. The van der Waals surface area contributed by atoms with Gasteiger partial charge in [0.25, 0.3) is 0 Å². The summed E-state index contributed by atoms with van der Waals surface area (Å²) in [6.07, 6.45) is 1.32. The summed E-state index contributed by atoms with van der Waals surface area (Å²) < 4.78 is 0. The molecule has 0 bridgehead atoms. The summed E-state index contributed by atoms with van der Waals surface area (Å²) in [5.41, 5.74) is 10.6. The minimum atomic E-state index is -0.653. The molecule has 0 amide bonds. The molecule has 0 aromatic rings. The molecule has 0 radical (unpaired) electrons. The molecule has 0 aliphatic carbocycles. The molecule has 1 rings (SSSR count). The predicted octanol–water partition coefficient (Wildman–Crippen LogP) is -0.734. The maximum Gasteiger partial charge on any atom is 0.326 e. The van der Waals surface area contributed by atoms with Crippen molar-refractivity contribution < 1.29 is 10.0 Å². The fraction of sp³-hybridized carbons (Fsp3) is 0.727. The van der Waals surface area contributed by atoms with Crippen LogP contribution in [-0.4, -0.2) is 52.5 Å². The minimum Gasteiger partial charge on any atom is -0.399 e. The summed E-state index contributed by atoms with van der Waals surface area (Å²) in [4.78, 5) is 15.9. The molecule has 19 heavy (non-hydrogen) atoms. The van der Waals surface area contributed by atoms with Crippen LogP contribution in [0.5, 0.6) is 0 Å². The third kappa shape index (κ3) is 3.90. The van der Waals surface area contributed by atoms with Crippen LogP contribution in [0.2, 0.25) is 0 Å². The number of aliphatic imine (C=N–C) groups is 1. The molecule has 0 aromatic heterocycles. The first-order valence-electron chi connectivity index (χ1n) is 6.06. The molecule has 108 valence electrons. The van der Waals surface area contributed by atoms with Crippen molar-refractivity contribution in [2.24, 2.45) is 16.5 Å². The van der Waals surface area contributed by atoms with Gasteiger partial charge in [0.05, 0.1) is 17.2 Å². The number of likely N-dealkylation sites (tertiary alicyclic amines) is 1. The fourth-order valence-electron chi connectivity index (χ4n) is 2.27. The second kappa shape index (κ2) is 5.98. The van der Waals surface area contributed by atoms with Gasteiger partial charge in [0, 0.05) is 25.7 Å². The maximum atomic E-state index is 10.9. The van der Waals surface area contributed by atoms with Gasteiger partial charge in [-0.2, -0.15) is 0 Å². The van der Waals surface area contributed by atoms with E-state index in [4.69, 9.17) is 11.5 Å². The van der Waals surface area contributed by atoms with Crippen LogP contribution in [0, 0.1) is 10.1 Å². The molecular weight excluding hydrogens is 250 g/mol. The number of aliphatic hydroxyl groups is 1. The van der Waals surface area contributed by atoms with E-state index in [9.17, 15) is 15.2 Å². The molecule has 0 saturated carbocycles. The Bertz CT molecular complexity index is 405. The quantitative estimate of drug-likeness (QED) is 0.262. The van der Waals surface area contributed by atoms with Crippen molar-refractivity contribution in [3.8, 4) is 0 Å². The Morgan fingerprint density at radius 1 is 1.68 bits per heavy atom. The van der Waals surface area contributed by atoms with Gasteiger partial charge in [0.15, 0.2) is 0 Å². The zero-order valence-electron chi connectivity index (χ0n) is 11.2. The van der Waals surface area contributed by atoms with E-state index in [-0.39, 0.29) is 18.1 Å². The lowest BCUT2D eigenvalue weighted by molar-refractivity contribution is -0.416. The van der Waals surface area contributed by atoms with Gasteiger partial charge in [-0.3, -0.25) is 15.1 Å². The second-order valence-electron chi connectivity index (χ2n) is 5.06. The average molecular weight is 271 g/mol. The summed E-state index contributed by atoms with van der Waals surface area (Å²) in [6.45, 7) is 2.60. The summed E-state index contributed by atoms with van der Waals surface area (Å²) in [5.74, 6) is 0.171. The summed E-state index contributed by atoms with van der Waals surface area (Å²) in [7, 11) is 1.46. The van der Waals surface area contributed by atoms with Crippen molar-refractivity contribution in [1.82, 2.24) is 4.90 Å².